The second-order valence-corrected chi connectivity index (χ2v) is 4.33. The Kier molecular flexibility index (Phi) is 5.65. The van der Waals surface area contributed by atoms with E-state index in [1.54, 1.807) is 7.05 Å². The Morgan fingerprint density at radius 3 is 2.89 bits per heavy atom. The predicted molar refractivity (Wildman–Crippen MR) is 71.4 cm³/mol. The van der Waals surface area contributed by atoms with Gasteiger partial charge in [-0.25, -0.2) is 4.98 Å². The van der Waals surface area contributed by atoms with Crippen molar-refractivity contribution in [2.45, 2.75) is 6.42 Å². The van der Waals surface area contributed by atoms with Gasteiger partial charge in [0, 0.05) is 19.7 Å². The molecule has 0 aliphatic heterocycles. The number of hydrogen-bond acceptors (Lipinski definition) is 5. The zero-order valence-corrected chi connectivity index (χ0v) is 11.5. The monoisotopic (exact) mass is 286 g/mol. The zero-order valence-electron chi connectivity index (χ0n) is 10.7. The Morgan fingerprint density at radius 1 is 1.63 bits per heavy atom. The summed E-state index contributed by atoms with van der Waals surface area (Å²) in [7, 11) is 3.44. The molecule has 1 N–H and O–H groups in total. The molecule has 0 aliphatic carbocycles. The topological polar surface area (TPSA) is 88.4 Å². The molecular weight excluding hydrogens is 272 g/mol. The van der Waals surface area contributed by atoms with E-state index in [1.807, 2.05) is 7.05 Å². The van der Waals surface area contributed by atoms with Gasteiger partial charge in [-0.3, -0.25) is 14.9 Å². The van der Waals surface area contributed by atoms with Gasteiger partial charge in [0.1, 0.15) is 11.3 Å². The van der Waals surface area contributed by atoms with E-state index < -0.39 is 4.92 Å². The molecule has 8 heteroatoms. The van der Waals surface area contributed by atoms with Crippen LogP contribution in [0.4, 0.5) is 5.69 Å². The molecule has 7 nitrogen and oxygen atoms in total. The summed E-state index contributed by atoms with van der Waals surface area (Å²) >= 11 is 5.81. The van der Waals surface area contributed by atoms with E-state index in [0.29, 0.717) is 6.54 Å². The predicted octanol–water partition coefficient (Wildman–Crippen LogP) is 1.32. The smallest absolute Gasteiger partial charge is 0.288 e. The van der Waals surface area contributed by atoms with Gasteiger partial charge in [-0.1, -0.05) is 11.6 Å². The van der Waals surface area contributed by atoms with E-state index in [1.165, 1.54) is 4.90 Å². The zero-order chi connectivity index (χ0) is 14.4. The molecule has 104 valence electrons. The summed E-state index contributed by atoms with van der Waals surface area (Å²) < 4.78 is 0. The highest BCUT2D eigenvalue weighted by atomic mass is 35.5. The summed E-state index contributed by atoms with van der Waals surface area (Å²) in [5.74, 6) is -0.377. The highest BCUT2D eigenvalue weighted by molar-refractivity contribution is 6.32. The molecule has 0 unspecified atom stereocenters. The van der Waals surface area contributed by atoms with E-state index >= 15 is 0 Å². The van der Waals surface area contributed by atoms with E-state index in [0.717, 1.165) is 25.2 Å². The van der Waals surface area contributed by atoms with Crippen molar-refractivity contribution < 1.29 is 9.72 Å². The summed E-state index contributed by atoms with van der Waals surface area (Å²) in [5.41, 5.74) is -0.209. The lowest BCUT2D eigenvalue weighted by atomic mass is 10.2. The fourth-order valence-corrected chi connectivity index (χ4v) is 1.67. The minimum Gasteiger partial charge on any atom is -0.342 e. The quantitative estimate of drug-likeness (QED) is 0.369. The Labute approximate surface area is 115 Å². The largest absolute Gasteiger partial charge is 0.342 e. The molecule has 0 radical (unpaired) electrons. The van der Waals surface area contributed by atoms with Gasteiger partial charge in [0.25, 0.3) is 11.6 Å². The lowest BCUT2D eigenvalue weighted by Gasteiger charge is -2.17. The van der Waals surface area contributed by atoms with Crippen molar-refractivity contribution in [3.8, 4) is 0 Å². The summed E-state index contributed by atoms with van der Waals surface area (Å²) in [4.78, 5) is 27.3. The van der Waals surface area contributed by atoms with Gasteiger partial charge in [-0.15, -0.1) is 0 Å². The maximum atomic E-state index is 12.1. The SMILES string of the molecule is CNCCCN(C)C(=O)c1cc([N+](=O)[O-])cnc1Cl. The first kappa shape index (κ1) is 15.3. The number of hydrogen-bond donors (Lipinski definition) is 1. The molecule has 1 rings (SSSR count). The van der Waals surface area contributed by atoms with E-state index in [9.17, 15) is 14.9 Å². The van der Waals surface area contributed by atoms with Gasteiger partial charge >= 0.3 is 0 Å². The number of nitro groups is 1. The van der Waals surface area contributed by atoms with Gasteiger partial charge < -0.3 is 10.2 Å². The molecule has 1 aromatic heterocycles. The van der Waals surface area contributed by atoms with Crippen LogP contribution >= 0.6 is 11.6 Å². The van der Waals surface area contributed by atoms with Crippen LogP contribution in [0, 0.1) is 10.1 Å². The van der Waals surface area contributed by atoms with Gasteiger partial charge in [0.05, 0.1) is 10.5 Å². The Bertz CT molecular complexity index is 481. The molecule has 19 heavy (non-hydrogen) atoms. The molecule has 0 saturated heterocycles. The molecule has 0 aromatic carbocycles. The Balaban J connectivity index is 2.86. The number of rotatable bonds is 6. The number of carbonyl (C=O) groups is 1. The third-order valence-corrected chi connectivity index (χ3v) is 2.83. The summed E-state index contributed by atoms with van der Waals surface area (Å²) in [6, 6.07) is 1.15. The van der Waals surface area contributed by atoms with Crippen LogP contribution in [0.5, 0.6) is 0 Å². The van der Waals surface area contributed by atoms with Crippen LogP contribution in [-0.4, -0.2) is 47.9 Å². The van der Waals surface area contributed by atoms with Crippen LogP contribution in [0.1, 0.15) is 16.8 Å². The molecule has 0 fully saturated rings. The van der Waals surface area contributed by atoms with Crippen LogP contribution in [-0.2, 0) is 0 Å². The molecule has 0 spiro atoms. The van der Waals surface area contributed by atoms with Crippen LogP contribution in [0.3, 0.4) is 0 Å². The first-order valence-electron chi connectivity index (χ1n) is 5.67. The molecular formula is C11H15ClN4O3. The number of nitrogens with one attached hydrogen (secondary N) is 1. The first-order valence-corrected chi connectivity index (χ1v) is 6.05. The third kappa shape index (κ3) is 4.15. The molecule has 0 atom stereocenters. The lowest BCUT2D eigenvalue weighted by Crippen LogP contribution is -2.29. The maximum Gasteiger partial charge on any atom is 0.288 e. The van der Waals surface area contributed by atoms with Crippen molar-refractivity contribution in [3.05, 3.63) is 33.1 Å². The van der Waals surface area contributed by atoms with Crippen molar-refractivity contribution in [3.63, 3.8) is 0 Å². The number of aromatic nitrogens is 1. The van der Waals surface area contributed by atoms with Gasteiger partial charge in [-0.05, 0) is 20.0 Å². The van der Waals surface area contributed by atoms with Gasteiger partial charge in [-0.2, -0.15) is 0 Å². The minimum atomic E-state index is -0.610. The third-order valence-electron chi connectivity index (χ3n) is 2.53. The van der Waals surface area contributed by atoms with Gasteiger partial charge in [0.15, 0.2) is 0 Å². The number of halogens is 1. The molecule has 0 saturated carbocycles. The standard InChI is InChI=1S/C11H15ClN4O3/c1-13-4-3-5-15(2)11(17)9-6-8(16(18)19)7-14-10(9)12/h6-7,13H,3-5H2,1-2H3. The number of nitrogens with zero attached hydrogens (tertiary/aromatic N) is 3. The van der Waals surface area contributed by atoms with E-state index in [-0.39, 0.29) is 22.3 Å². The minimum absolute atomic E-state index is 0.0314. The molecule has 0 aliphatic rings. The summed E-state index contributed by atoms with van der Waals surface area (Å²) in [6.45, 7) is 1.30. The number of pyridine rings is 1. The van der Waals surface area contributed by atoms with Crippen LogP contribution in [0.25, 0.3) is 0 Å². The van der Waals surface area contributed by atoms with Gasteiger partial charge in [0.2, 0.25) is 0 Å². The average Bonchev–Trinajstić information content (AvgIpc) is 2.38. The number of carbonyl (C=O) groups excluding carboxylic acids is 1. The van der Waals surface area contributed by atoms with Crippen molar-refractivity contribution in [1.82, 2.24) is 15.2 Å². The van der Waals surface area contributed by atoms with E-state index in [2.05, 4.69) is 10.3 Å². The molecule has 1 heterocycles. The van der Waals surface area contributed by atoms with E-state index in [4.69, 9.17) is 11.6 Å². The lowest BCUT2D eigenvalue weighted by molar-refractivity contribution is -0.385. The molecule has 0 bridgehead atoms. The van der Waals surface area contributed by atoms with Crippen molar-refractivity contribution in [2.24, 2.45) is 0 Å². The van der Waals surface area contributed by atoms with Crippen molar-refractivity contribution in [2.75, 3.05) is 27.2 Å². The fraction of sp³-hybridized carbons (Fsp3) is 0.455. The molecule has 1 aromatic rings. The first-order chi connectivity index (χ1) is 8.97. The second kappa shape index (κ2) is 7.01. The highest BCUT2D eigenvalue weighted by Crippen LogP contribution is 2.20. The van der Waals surface area contributed by atoms with Crippen LogP contribution < -0.4 is 5.32 Å². The second-order valence-electron chi connectivity index (χ2n) is 3.97. The Hall–Kier alpha value is -1.73. The average molecular weight is 287 g/mol. The fourth-order valence-electron chi connectivity index (χ4n) is 1.49. The normalized spacial score (nSPS) is 10.3. The summed E-state index contributed by atoms with van der Waals surface area (Å²) in [5, 5.41) is 13.6. The van der Waals surface area contributed by atoms with Crippen molar-refractivity contribution in [1.29, 1.82) is 0 Å². The number of amides is 1. The maximum absolute atomic E-state index is 12.1. The highest BCUT2D eigenvalue weighted by Gasteiger charge is 2.19. The Morgan fingerprint density at radius 2 is 2.32 bits per heavy atom. The van der Waals surface area contributed by atoms with Crippen LogP contribution in [0.15, 0.2) is 12.3 Å². The summed E-state index contributed by atoms with van der Waals surface area (Å²) in [6.07, 6.45) is 1.80. The van der Waals surface area contributed by atoms with Crippen LogP contribution in [0.2, 0.25) is 5.15 Å². The van der Waals surface area contributed by atoms with Crippen molar-refractivity contribution >= 4 is 23.2 Å². The molecule has 1 amide bonds.